The molecule has 1 fully saturated rings. The molecule has 1 aromatic carbocycles. The van der Waals surface area contributed by atoms with E-state index in [0.717, 1.165) is 48.9 Å². The van der Waals surface area contributed by atoms with Gasteiger partial charge in [-0.05, 0) is 43.2 Å². The van der Waals surface area contributed by atoms with Crippen LogP contribution in [0.4, 0.5) is 11.5 Å². The number of nitrogens with two attached hydrogens (primary N) is 1. The van der Waals surface area contributed by atoms with E-state index in [1.54, 1.807) is 32.0 Å². The van der Waals surface area contributed by atoms with Crippen molar-refractivity contribution in [2.45, 2.75) is 25.4 Å². The fourth-order valence-electron chi connectivity index (χ4n) is 5.93. The molecule has 3 N–H and O–H groups in total. The van der Waals surface area contributed by atoms with E-state index >= 15 is 0 Å². The average molecular weight is 578 g/mol. The van der Waals surface area contributed by atoms with Crippen LogP contribution in [-0.2, 0) is 13.6 Å². The van der Waals surface area contributed by atoms with Gasteiger partial charge in [-0.25, -0.2) is 14.6 Å². The summed E-state index contributed by atoms with van der Waals surface area (Å²) in [5.41, 5.74) is 11.7. The molecule has 6 aromatic rings. The summed E-state index contributed by atoms with van der Waals surface area (Å²) >= 11 is 0. The molecule has 1 aliphatic heterocycles. The normalized spacial score (nSPS) is 14.5. The van der Waals surface area contributed by atoms with Gasteiger partial charge in [0.15, 0.2) is 5.65 Å². The first-order valence-electron chi connectivity index (χ1n) is 14.1. The summed E-state index contributed by atoms with van der Waals surface area (Å²) in [5, 5.41) is 9.68. The Kier molecular flexibility index (Phi) is 6.74. The number of pyridine rings is 1. The number of carbonyl (C=O) groups is 1. The Hall–Kier alpha value is -5.23. The standard InChI is InChI=1S/C31H31N9O3/c1-38-24(13-20-5-9-33-15-25(20)38)31(41)36-23-4-3-21(14-26(23)42-2)28-27-29(32)34-18-35-30(27)40(37-28)22-6-10-39(11-7-22)16-19-8-12-43-17-19/h3-5,8-9,12-15,17-18,22H,6-7,10-11,16H2,1-2H3,(H,36,41)(H2,32,34,35). The number of hydrogen-bond acceptors (Lipinski definition) is 9. The van der Waals surface area contributed by atoms with Crippen LogP contribution in [0.1, 0.15) is 34.9 Å². The van der Waals surface area contributed by atoms with Gasteiger partial charge in [-0.15, -0.1) is 0 Å². The zero-order valence-electron chi connectivity index (χ0n) is 23.9. The van der Waals surface area contributed by atoms with Gasteiger partial charge in [0.05, 0.1) is 48.5 Å². The molecule has 1 aliphatic rings. The molecule has 0 saturated carbocycles. The molecule has 12 heteroatoms. The zero-order valence-corrected chi connectivity index (χ0v) is 23.9. The van der Waals surface area contributed by atoms with E-state index in [1.165, 1.54) is 11.9 Å². The topological polar surface area (TPSA) is 142 Å². The van der Waals surface area contributed by atoms with Crippen LogP contribution >= 0.6 is 0 Å². The molecule has 7 rings (SSSR count). The van der Waals surface area contributed by atoms with Gasteiger partial charge in [0, 0.05) is 49.4 Å². The fraction of sp³-hybridized carbons (Fsp3) is 0.258. The molecule has 1 saturated heterocycles. The lowest BCUT2D eigenvalue weighted by atomic mass is 10.0. The van der Waals surface area contributed by atoms with Crippen molar-refractivity contribution in [1.29, 1.82) is 0 Å². The molecular formula is C31H31N9O3. The van der Waals surface area contributed by atoms with Crippen molar-refractivity contribution < 1.29 is 13.9 Å². The lowest BCUT2D eigenvalue weighted by Gasteiger charge is -2.31. The first kappa shape index (κ1) is 26.7. The number of nitrogen functional groups attached to an aromatic ring is 1. The van der Waals surface area contributed by atoms with Gasteiger partial charge in [-0.2, -0.15) is 5.10 Å². The van der Waals surface area contributed by atoms with Crippen LogP contribution < -0.4 is 15.8 Å². The number of carbonyl (C=O) groups excluding carboxylic acids is 1. The maximum Gasteiger partial charge on any atom is 0.272 e. The summed E-state index contributed by atoms with van der Waals surface area (Å²) in [7, 11) is 3.42. The molecule has 6 heterocycles. The lowest BCUT2D eigenvalue weighted by Crippen LogP contribution is -2.34. The number of rotatable bonds is 7. The summed E-state index contributed by atoms with van der Waals surface area (Å²) in [6.07, 6.45) is 10.3. The van der Waals surface area contributed by atoms with Crippen molar-refractivity contribution in [3.05, 3.63) is 78.9 Å². The van der Waals surface area contributed by atoms with Crippen molar-refractivity contribution in [3.8, 4) is 17.0 Å². The predicted molar refractivity (Wildman–Crippen MR) is 163 cm³/mol. The second-order valence-corrected chi connectivity index (χ2v) is 10.8. The molecule has 0 atom stereocenters. The Morgan fingerprint density at radius 1 is 1.16 bits per heavy atom. The number of ether oxygens (including phenoxy) is 1. The minimum absolute atomic E-state index is 0.169. The van der Waals surface area contributed by atoms with Crippen LogP contribution in [0.25, 0.3) is 33.2 Å². The molecule has 0 spiro atoms. The van der Waals surface area contributed by atoms with Gasteiger partial charge in [0.2, 0.25) is 0 Å². The highest BCUT2D eigenvalue weighted by Crippen LogP contribution is 2.37. The van der Waals surface area contributed by atoms with Gasteiger partial charge in [-0.1, -0.05) is 6.07 Å². The van der Waals surface area contributed by atoms with Crippen LogP contribution in [0.2, 0.25) is 0 Å². The molecular weight excluding hydrogens is 546 g/mol. The summed E-state index contributed by atoms with van der Waals surface area (Å²) in [4.78, 5) is 28.7. The number of likely N-dealkylation sites (tertiary alicyclic amines) is 1. The average Bonchev–Trinajstić information content (AvgIpc) is 3.77. The van der Waals surface area contributed by atoms with Gasteiger partial charge in [-0.3, -0.25) is 14.7 Å². The quantitative estimate of drug-likeness (QED) is 0.277. The molecule has 1 amide bonds. The van der Waals surface area contributed by atoms with Gasteiger partial charge in [0.1, 0.15) is 29.3 Å². The van der Waals surface area contributed by atoms with E-state index in [0.29, 0.717) is 39.7 Å². The number of fused-ring (bicyclic) bond motifs is 2. The number of anilines is 2. The molecule has 0 unspecified atom stereocenters. The molecule has 218 valence electrons. The molecule has 43 heavy (non-hydrogen) atoms. The Labute approximate surface area is 247 Å². The smallest absolute Gasteiger partial charge is 0.272 e. The third-order valence-corrected chi connectivity index (χ3v) is 8.21. The Bertz CT molecular complexity index is 1940. The second kappa shape index (κ2) is 10.9. The fourth-order valence-corrected chi connectivity index (χ4v) is 5.93. The third kappa shape index (κ3) is 4.85. The van der Waals surface area contributed by atoms with E-state index in [2.05, 4.69) is 25.2 Å². The van der Waals surface area contributed by atoms with Crippen LogP contribution in [0.5, 0.6) is 5.75 Å². The predicted octanol–water partition coefficient (Wildman–Crippen LogP) is 4.65. The van der Waals surface area contributed by atoms with Crippen molar-refractivity contribution in [1.82, 2.24) is 34.2 Å². The maximum absolute atomic E-state index is 13.3. The van der Waals surface area contributed by atoms with Crippen LogP contribution in [0.3, 0.4) is 0 Å². The number of hydrogen-bond donors (Lipinski definition) is 2. The SMILES string of the molecule is COc1cc(-c2nn(C3CCN(Cc4ccoc4)CC3)c3ncnc(N)c23)ccc1NC(=O)c1cc2ccncc2n1C. The molecule has 0 radical (unpaired) electrons. The number of methoxy groups -OCH3 is 1. The number of amides is 1. The van der Waals surface area contributed by atoms with Gasteiger partial charge < -0.3 is 24.8 Å². The number of furan rings is 1. The Morgan fingerprint density at radius 3 is 2.79 bits per heavy atom. The van der Waals surface area contributed by atoms with E-state index in [9.17, 15) is 4.79 Å². The van der Waals surface area contributed by atoms with Crippen molar-refractivity contribution in [3.63, 3.8) is 0 Å². The minimum atomic E-state index is -0.253. The lowest BCUT2D eigenvalue weighted by molar-refractivity contribution is 0.101. The highest BCUT2D eigenvalue weighted by molar-refractivity contribution is 6.07. The van der Waals surface area contributed by atoms with Gasteiger partial charge in [0.25, 0.3) is 5.91 Å². The number of aromatic nitrogens is 6. The van der Waals surface area contributed by atoms with Crippen molar-refractivity contribution in [2.24, 2.45) is 7.05 Å². The second-order valence-electron chi connectivity index (χ2n) is 10.8. The van der Waals surface area contributed by atoms with Crippen LogP contribution in [0.15, 0.2) is 72.1 Å². The highest BCUT2D eigenvalue weighted by atomic mass is 16.5. The molecule has 12 nitrogen and oxygen atoms in total. The minimum Gasteiger partial charge on any atom is -0.495 e. The number of piperidine rings is 1. The first-order chi connectivity index (χ1) is 21.0. The Balaban J connectivity index is 1.17. The van der Waals surface area contributed by atoms with E-state index in [4.69, 9.17) is 20.0 Å². The van der Waals surface area contributed by atoms with E-state index in [1.807, 2.05) is 52.7 Å². The summed E-state index contributed by atoms with van der Waals surface area (Å²) in [5.74, 6) is 0.610. The molecule has 0 bridgehead atoms. The highest BCUT2D eigenvalue weighted by Gasteiger charge is 2.27. The Morgan fingerprint density at radius 2 is 2.02 bits per heavy atom. The summed E-state index contributed by atoms with van der Waals surface area (Å²) in [6.45, 7) is 2.73. The molecule has 5 aromatic heterocycles. The number of nitrogens with zero attached hydrogens (tertiary/aromatic N) is 7. The number of aryl methyl sites for hydroxylation is 1. The van der Waals surface area contributed by atoms with Crippen molar-refractivity contribution >= 4 is 39.3 Å². The number of benzene rings is 1. The third-order valence-electron chi connectivity index (χ3n) is 8.21. The maximum atomic E-state index is 13.3. The summed E-state index contributed by atoms with van der Waals surface area (Å²) in [6, 6.07) is 11.5. The van der Waals surface area contributed by atoms with Gasteiger partial charge >= 0.3 is 0 Å². The first-order valence-corrected chi connectivity index (χ1v) is 14.1. The zero-order chi connectivity index (χ0) is 29.5. The van der Waals surface area contributed by atoms with Crippen LogP contribution in [0, 0.1) is 0 Å². The molecule has 0 aliphatic carbocycles. The van der Waals surface area contributed by atoms with Crippen LogP contribution in [-0.4, -0.2) is 60.3 Å². The largest absolute Gasteiger partial charge is 0.495 e. The van der Waals surface area contributed by atoms with Crippen molar-refractivity contribution in [2.75, 3.05) is 31.2 Å². The number of nitrogens with one attached hydrogen (secondary N) is 1. The van der Waals surface area contributed by atoms with E-state index in [-0.39, 0.29) is 11.9 Å². The summed E-state index contributed by atoms with van der Waals surface area (Å²) < 4.78 is 14.8. The monoisotopic (exact) mass is 577 g/mol. The van der Waals surface area contributed by atoms with E-state index < -0.39 is 0 Å².